The van der Waals surface area contributed by atoms with E-state index in [2.05, 4.69) is 38.7 Å². The summed E-state index contributed by atoms with van der Waals surface area (Å²) in [6.07, 6.45) is 3.16. The third kappa shape index (κ3) is 5.54. The molecule has 2 atom stereocenters. The normalized spacial score (nSPS) is 17.3. The molecule has 11 heteroatoms. The van der Waals surface area contributed by atoms with Crippen LogP contribution >= 0.6 is 0 Å². The van der Waals surface area contributed by atoms with Crippen molar-refractivity contribution in [2.75, 3.05) is 38.6 Å². The maximum absolute atomic E-state index is 13.5. The molecule has 1 fully saturated rings. The molecule has 0 spiro atoms. The number of anilines is 3. The monoisotopic (exact) mass is 620 g/mol. The zero-order chi connectivity index (χ0) is 31.8. The van der Waals surface area contributed by atoms with Gasteiger partial charge in [0, 0.05) is 42.5 Å². The quantitative estimate of drug-likeness (QED) is 0.222. The fourth-order valence-electron chi connectivity index (χ4n) is 6.10. The van der Waals surface area contributed by atoms with Crippen LogP contribution < -0.4 is 29.7 Å². The summed E-state index contributed by atoms with van der Waals surface area (Å²) in [5.41, 5.74) is 6.60. The number of rotatable bonds is 7. The summed E-state index contributed by atoms with van der Waals surface area (Å²) >= 11 is 0. The van der Waals surface area contributed by atoms with E-state index in [0.717, 1.165) is 52.2 Å². The Morgan fingerprint density at radius 1 is 0.978 bits per heavy atom. The SMILES string of the molecule is COc1ccc(CN(C)c2cc3nc4c2ncn4C(=O)N[C@@H]2CC[C@H]2OCc2cc(cc(-c4ccccc4OC)c2)N3)c(OC)c1. The van der Waals surface area contributed by atoms with E-state index in [4.69, 9.17) is 23.9 Å². The number of para-hydroxylation sites is 1. The number of carbonyl (C=O) groups excluding carboxylic acids is 1. The van der Waals surface area contributed by atoms with Crippen molar-refractivity contribution >= 4 is 34.4 Å². The van der Waals surface area contributed by atoms with Crippen LogP contribution in [0.3, 0.4) is 0 Å². The van der Waals surface area contributed by atoms with Crippen LogP contribution in [0.25, 0.3) is 22.3 Å². The number of fused-ring (bicyclic) bond motifs is 4. The smallest absolute Gasteiger partial charge is 0.328 e. The van der Waals surface area contributed by atoms with Crippen LogP contribution in [0.1, 0.15) is 24.0 Å². The molecule has 1 amide bonds. The molecule has 1 saturated carbocycles. The second-order valence-corrected chi connectivity index (χ2v) is 11.6. The highest BCUT2D eigenvalue weighted by molar-refractivity contribution is 5.95. The fraction of sp³-hybridized carbons (Fsp3) is 0.286. The van der Waals surface area contributed by atoms with Gasteiger partial charge in [0.05, 0.1) is 45.8 Å². The van der Waals surface area contributed by atoms with E-state index < -0.39 is 0 Å². The summed E-state index contributed by atoms with van der Waals surface area (Å²) in [7, 11) is 6.93. The number of imidazole rings is 1. The Hall–Kier alpha value is -5.29. The Balaban J connectivity index is 1.34. The molecule has 0 saturated heterocycles. The Bertz CT molecular complexity index is 1920. The van der Waals surface area contributed by atoms with Gasteiger partial charge in [0.25, 0.3) is 0 Å². The first kappa shape index (κ1) is 29.4. The molecule has 1 aliphatic carbocycles. The molecule has 2 N–H and O–H groups in total. The van der Waals surface area contributed by atoms with Crippen molar-refractivity contribution in [3.63, 3.8) is 0 Å². The standard InChI is InChI=1S/C35H36N6O5/c1-40(18-22-9-10-25(43-2)16-31(22)45-4)28-17-32-37-24-14-21(13-23(15-24)26-7-5-6-8-29(26)44-3)19-46-30-12-11-27(30)38-35(42)41-20-36-33(28)34(41)39-32/h5-10,13-17,20,27,30H,11-12,18-19H2,1-4H3,(H,37,39)(H,38,42)/t27-,30-/m1/s1. The molecule has 2 aromatic heterocycles. The van der Waals surface area contributed by atoms with Crippen LogP contribution in [0.2, 0.25) is 0 Å². The average Bonchev–Trinajstić information content (AvgIpc) is 3.50. The van der Waals surface area contributed by atoms with Crippen molar-refractivity contribution in [2.45, 2.75) is 38.1 Å². The van der Waals surface area contributed by atoms with Crippen LogP contribution in [0.15, 0.2) is 73.1 Å². The predicted octanol–water partition coefficient (Wildman–Crippen LogP) is 6.12. The lowest BCUT2D eigenvalue weighted by Gasteiger charge is -2.36. The first-order valence-electron chi connectivity index (χ1n) is 15.2. The topological polar surface area (TPSA) is 112 Å². The first-order chi connectivity index (χ1) is 22.4. The Morgan fingerprint density at radius 2 is 1.83 bits per heavy atom. The van der Waals surface area contributed by atoms with E-state index in [0.29, 0.717) is 41.6 Å². The minimum absolute atomic E-state index is 0.0855. The van der Waals surface area contributed by atoms with Crippen molar-refractivity contribution in [1.82, 2.24) is 19.9 Å². The number of nitrogens with zero attached hydrogens (tertiary/aromatic N) is 4. The Morgan fingerprint density at radius 3 is 2.61 bits per heavy atom. The fourth-order valence-corrected chi connectivity index (χ4v) is 6.10. The number of nitrogens with one attached hydrogen (secondary N) is 2. The highest BCUT2D eigenvalue weighted by Gasteiger charge is 2.34. The van der Waals surface area contributed by atoms with Crippen molar-refractivity contribution in [2.24, 2.45) is 0 Å². The summed E-state index contributed by atoms with van der Waals surface area (Å²) < 4.78 is 24.6. The summed E-state index contributed by atoms with van der Waals surface area (Å²) in [4.78, 5) is 25.2. The molecule has 1 aliphatic heterocycles. The van der Waals surface area contributed by atoms with E-state index in [9.17, 15) is 4.79 Å². The van der Waals surface area contributed by atoms with E-state index in [1.54, 1.807) is 21.3 Å². The molecule has 3 aromatic carbocycles. The van der Waals surface area contributed by atoms with Crippen molar-refractivity contribution in [3.05, 3.63) is 84.2 Å². The highest BCUT2D eigenvalue weighted by Crippen LogP contribution is 2.36. The molecule has 5 aromatic rings. The van der Waals surface area contributed by atoms with Crippen LogP contribution in [0.4, 0.5) is 22.0 Å². The summed E-state index contributed by atoms with van der Waals surface area (Å²) in [5.74, 6) is 2.78. The summed E-state index contributed by atoms with van der Waals surface area (Å²) in [5, 5.41) is 6.66. The van der Waals surface area contributed by atoms with Crippen molar-refractivity contribution in [1.29, 1.82) is 0 Å². The molecule has 4 bridgehead atoms. The number of ether oxygens (including phenoxy) is 4. The van der Waals surface area contributed by atoms with Gasteiger partial charge in [-0.3, -0.25) is 0 Å². The van der Waals surface area contributed by atoms with E-state index in [1.807, 2.05) is 55.6 Å². The number of benzene rings is 3. The molecule has 236 valence electrons. The third-order valence-electron chi connectivity index (χ3n) is 8.68. The van der Waals surface area contributed by atoms with Crippen molar-refractivity contribution < 1.29 is 23.7 Å². The van der Waals surface area contributed by atoms with Gasteiger partial charge in [0.15, 0.2) is 5.65 Å². The van der Waals surface area contributed by atoms with E-state index in [-0.39, 0.29) is 18.2 Å². The van der Waals surface area contributed by atoms with Gasteiger partial charge in [-0.25, -0.2) is 19.3 Å². The van der Waals surface area contributed by atoms with Gasteiger partial charge >= 0.3 is 6.03 Å². The second kappa shape index (κ2) is 12.2. The lowest BCUT2D eigenvalue weighted by molar-refractivity contribution is -0.0323. The molecular formula is C35H36N6O5. The summed E-state index contributed by atoms with van der Waals surface area (Å²) in [6.45, 7) is 0.911. The van der Waals surface area contributed by atoms with Gasteiger partial charge in [-0.2, -0.15) is 0 Å². The number of aromatic nitrogens is 3. The molecule has 7 rings (SSSR count). The third-order valence-corrected chi connectivity index (χ3v) is 8.68. The Kier molecular flexibility index (Phi) is 7.83. The molecule has 0 unspecified atom stereocenters. The number of amides is 1. The molecule has 3 heterocycles. The van der Waals surface area contributed by atoms with E-state index >= 15 is 0 Å². The lowest BCUT2D eigenvalue weighted by atomic mass is 9.89. The largest absolute Gasteiger partial charge is 0.497 e. The van der Waals surface area contributed by atoms with Crippen LogP contribution in [0, 0.1) is 0 Å². The average molecular weight is 621 g/mol. The lowest BCUT2D eigenvalue weighted by Crippen LogP contribution is -2.52. The molecule has 0 radical (unpaired) electrons. The van der Waals surface area contributed by atoms with Gasteiger partial charge in [-0.15, -0.1) is 0 Å². The number of pyridine rings is 1. The predicted molar refractivity (Wildman–Crippen MR) is 176 cm³/mol. The van der Waals surface area contributed by atoms with E-state index in [1.165, 1.54) is 10.9 Å². The number of methoxy groups -OCH3 is 3. The number of hydrogen-bond donors (Lipinski definition) is 2. The minimum atomic E-state index is -0.287. The van der Waals surface area contributed by atoms with Gasteiger partial charge in [0.1, 0.15) is 34.9 Å². The van der Waals surface area contributed by atoms with Crippen LogP contribution in [0.5, 0.6) is 17.2 Å². The molecule has 2 aliphatic rings. The zero-order valence-electron chi connectivity index (χ0n) is 26.2. The maximum Gasteiger partial charge on any atom is 0.328 e. The van der Waals surface area contributed by atoms with Crippen molar-refractivity contribution in [3.8, 4) is 28.4 Å². The molecular weight excluding hydrogens is 584 g/mol. The maximum atomic E-state index is 13.5. The van der Waals surface area contributed by atoms with Crippen LogP contribution in [-0.2, 0) is 17.9 Å². The minimum Gasteiger partial charge on any atom is -0.497 e. The van der Waals surface area contributed by atoms with Gasteiger partial charge in [0.2, 0.25) is 0 Å². The van der Waals surface area contributed by atoms with Crippen LogP contribution in [-0.4, -0.2) is 61.1 Å². The molecule has 11 nitrogen and oxygen atoms in total. The summed E-state index contributed by atoms with van der Waals surface area (Å²) in [6, 6.07) is 21.5. The zero-order valence-corrected chi connectivity index (χ0v) is 26.2. The van der Waals surface area contributed by atoms with Gasteiger partial charge in [-0.1, -0.05) is 18.2 Å². The van der Waals surface area contributed by atoms with Gasteiger partial charge in [-0.05, 0) is 60.4 Å². The Labute approximate surface area is 267 Å². The number of carbonyl (C=O) groups is 1. The first-order valence-corrected chi connectivity index (χ1v) is 15.2. The highest BCUT2D eigenvalue weighted by atomic mass is 16.5. The van der Waals surface area contributed by atoms with Gasteiger partial charge < -0.3 is 34.5 Å². The second-order valence-electron chi connectivity index (χ2n) is 11.6. The molecule has 46 heavy (non-hydrogen) atoms. The number of hydrogen-bond acceptors (Lipinski definition) is 9.